The molecule has 108 valence electrons. The first kappa shape index (κ1) is 15.8. The van der Waals surface area contributed by atoms with E-state index < -0.39 is 5.97 Å². The zero-order valence-electron chi connectivity index (χ0n) is 12.5. The van der Waals surface area contributed by atoms with Crippen molar-refractivity contribution >= 4 is 5.97 Å². The standard InChI is InChI=1S/C15H25NO3/c1-6-12(7-2)10(3)16-11(4)13-8-9-14(19-13)15(17)18-5/h8-12,16H,6-7H2,1-5H3. The largest absolute Gasteiger partial charge is 0.463 e. The second kappa shape index (κ2) is 7.34. The molecule has 4 heteroatoms. The molecule has 0 radical (unpaired) electrons. The van der Waals surface area contributed by atoms with Crippen molar-refractivity contribution < 1.29 is 13.9 Å². The predicted octanol–water partition coefficient (Wildman–Crippen LogP) is 3.54. The predicted molar refractivity (Wildman–Crippen MR) is 75.1 cm³/mol. The van der Waals surface area contributed by atoms with Crippen molar-refractivity contribution in [2.75, 3.05) is 7.11 Å². The van der Waals surface area contributed by atoms with Crippen LogP contribution in [-0.2, 0) is 4.74 Å². The topological polar surface area (TPSA) is 51.5 Å². The third kappa shape index (κ3) is 4.10. The Morgan fingerprint density at radius 3 is 2.47 bits per heavy atom. The first-order valence-corrected chi connectivity index (χ1v) is 6.97. The van der Waals surface area contributed by atoms with Crippen molar-refractivity contribution in [3.63, 3.8) is 0 Å². The van der Waals surface area contributed by atoms with Crippen molar-refractivity contribution in [2.24, 2.45) is 5.92 Å². The minimum absolute atomic E-state index is 0.0778. The molecule has 0 aliphatic carbocycles. The molecule has 4 nitrogen and oxygen atoms in total. The Balaban J connectivity index is 2.65. The molecule has 0 spiro atoms. The Morgan fingerprint density at radius 1 is 1.32 bits per heavy atom. The van der Waals surface area contributed by atoms with Gasteiger partial charge >= 0.3 is 5.97 Å². The molecule has 1 N–H and O–H groups in total. The van der Waals surface area contributed by atoms with Crippen LogP contribution in [0.4, 0.5) is 0 Å². The highest BCUT2D eigenvalue weighted by atomic mass is 16.5. The number of carbonyl (C=O) groups excluding carboxylic acids is 1. The molecule has 0 aliphatic heterocycles. The monoisotopic (exact) mass is 267 g/mol. The fourth-order valence-corrected chi connectivity index (χ4v) is 2.40. The van der Waals surface area contributed by atoms with E-state index in [2.05, 4.69) is 30.8 Å². The van der Waals surface area contributed by atoms with Gasteiger partial charge in [0.1, 0.15) is 5.76 Å². The van der Waals surface area contributed by atoms with Crippen LogP contribution < -0.4 is 5.32 Å². The summed E-state index contributed by atoms with van der Waals surface area (Å²) in [6.07, 6.45) is 2.31. The molecule has 0 aromatic carbocycles. The third-order valence-electron chi connectivity index (χ3n) is 3.71. The van der Waals surface area contributed by atoms with Gasteiger partial charge in [-0.1, -0.05) is 26.7 Å². The second-order valence-electron chi connectivity index (χ2n) is 4.95. The molecule has 0 fully saturated rings. The van der Waals surface area contributed by atoms with Gasteiger partial charge in [0.2, 0.25) is 5.76 Å². The van der Waals surface area contributed by atoms with Crippen LogP contribution in [0.1, 0.15) is 62.9 Å². The lowest BCUT2D eigenvalue weighted by molar-refractivity contribution is 0.0562. The fraction of sp³-hybridized carbons (Fsp3) is 0.667. The summed E-state index contributed by atoms with van der Waals surface area (Å²) in [5, 5.41) is 3.52. The highest BCUT2D eigenvalue weighted by Gasteiger charge is 2.19. The Hall–Kier alpha value is -1.29. The highest BCUT2D eigenvalue weighted by molar-refractivity contribution is 5.86. The summed E-state index contributed by atoms with van der Waals surface area (Å²) in [7, 11) is 1.35. The number of carbonyl (C=O) groups is 1. The zero-order valence-corrected chi connectivity index (χ0v) is 12.5. The molecule has 1 rings (SSSR count). The molecule has 0 aliphatic rings. The number of ether oxygens (including phenoxy) is 1. The molecule has 1 heterocycles. The van der Waals surface area contributed by atoms with E-state index in [9.17, 15) is 4.79 Å². The van der Waals surface area contributed by atoms with Crippen molar-refractivity contribution in [1.29, 1.82) is 0 Å². The lowest BCUT2D eigenvalue weighted by Crippen LogP contribution is -2.34. The van der Waals surface area contributed by atoms with E-state index in [1.165, 1.54) is 7.11 Å². The third-order valence-corrected chi connectivity index (χ3v) is 3.71. The van der Waals surface area contributed by atoms with E-state index >= 15 is 0 Å². The van der Waals surface area contributed by atoms with E-state index in [4.69, 9.17) is 4.42 Å². The van der Waals surface area contributed by atoms with Gasteiger partial charge in [-0.2, -0.15) is 0 Å². The van der Waals surface area contributed by atoms with Crippen LogP contribution in [0.25, 0.3) is 0 Å². The Labute approximate surface area is 115 Å². The van der Waals surface area contributed by atoms with Crippen molar-refractivity contribution in [1.82, 2.24) is 5.32 Å². The average molecular weight is 267 g/mol. The molecule has 2 atom stereocenters. The smallest absolute Gasteiger partial charge is 0.373 e. The first-order chi connectivity index (χ1) is 9.03. The maximum Gasteiger partial charge on any atom is 0.373 e. The van der Waals surface area contributed by atoms with Gasteiger partial charge in [-0.05, 0) is 31.9 Å². The molecular weight excluding hydrogens is 242 g/mol. The number of methoxy groups -OCH3 is 1. The van der Waals surface area contributed by atoms with Crippen LogP contribution in [0, 0.1) is 5.92 Å². The van der Waals surface area contributed by atoms with Crippen LogP contribution in [-0.4, -0.2) is 19.1 Å². The molecule has 1 aromatic rings. The molecular formula is C15H25NO3. The number of hydrogen-bond acceptors (Lipinski definition) is 4. The van der Waals surface area contributed by atoms with Gasteiger partial charge in [-0.3, -0.25) is 0 Å². The van der Waals surface area contributed by atoms with Crippen molar-refractivity contribution in [3.05, 3.63) is 23.7 Å². The van der Waals surface area contributed by atoms with Gasteiger partial charge in [-0.25, -0.2) is 4.79 Å². The van der Waals surface area contributed by atoms with Gasteiger partial charge in [0.05, 0.1) is 13.2 Å². The molecule has 1 aromatic heterocycles. The van der Waals surface area contributed by atoms with E-state index in [-0.39, 0.29) is 11.8 Å². The normalized spacial score (nSPS) is 14.4. The molecule has 0 saturated carbocycles. The SMILES string of the molecule is CCC(CC)C(C)NC(C)c1ccc(C(=O)OC)o1. The second-order valence-corrected chi connectivity index (χ2v) is 4.95. The highest BCUT2D eigenvalue weighted by Crippen LogP contribution is 2.20. The molecule has 0 amide bonds. The Kier molecular flexibility index (Phi) is 6.09. The zero-order chi connectivity index (χ0) is 14.4. The van der Waals surface area contributed by atoms with Crippen LogP contribution in [0.2, 0.25) is 0 Å². The van der Waals surface area contributed by atoms with Crippen LogP contribution in [0.15, 0.2) is 16.5 Å². The summed E-state index contributed by atoms with van der Waals surface area (Å²) in [5.41, 5.74) is 0. The number of rotatable bonds is 7. The maximum atomic E-state index is 11.3. The molecule has 2 unspecified atom stereocenters. The van der Waals surface area contributed by atoms with Gasteiger partial charge in [0.15, 0.2) is 0 Å². The number of hydrogen-bond donors (Lipinski definition) is 1. The van der Waals surface area contributed by atoms with E-state index in [0.29, 0.717) is 12.0 Å². The molecule has 0 saturated heterocycles. The van der Waals surface area contributed by atoms with E-state index in [1.54, 1.807) is 6.07 Å². The number of esters is 1. The summed E-state index contributed by atoms with van der Waals surface area (Å²) in [6, 6.07) is 3.97. The van der Waals surface area contributed by atoms with Crippen LogP contribution in [0.3, 0.4) is 0 Å². The minimum atomic E-state index is -0.438. The summed E-state index contributed by atoms with van der Waals surface area (Å²) in [4.78, 5) is 11.3. The van der Waals surface area contributed by atoms with Crippen LogP contribution >= 0.6 is 0 Å². The van der Waals surface area contributed by atoms with E-state index in [1.807, 2.05) is 13.0 Å². The Bertz CT molecular complexity index is 396. The molecule has 19 heavy (non-hydrogen) atoms. The summed E-state index contributed by atoms with van der Waals surface area (Å²) >= 11 is 0. The summed E-state index contributed by atoms with van der Waals surface area (Å²) < 4.78 is 10.1. The fourth-order valence-electron chi connectivity index (χ4n) is 2.40. The number of nitrogens with one attached hydrogen (secondary N) is 1. The lowest BCUT2D eigenvalue weighted by atomic mass is 9.95. The maximum absolute atomic E-state index is 11.3. The van der Waals surface area contributed by atoms with Gasteiger partial charge < -0.3 is 14.5 Å². The minimum Gasteiger partial charge on any atom is -0.463 e. The lowest BCUT2D eigenvalue weighted by Gasteiger charge is -2.25. The summed E-state index contributed by atoms with van der Waals surface area (Å²) in [6.45, 7) is 8.65. The van der Waals surface area contributed by atoms with Gasteiger partial charge in [-0.15, -0.1) is 0 Å². The number of furan rings is 1. The molecule has 0 bridgehead atoms. The van der Waals surface area contributed by atoms with Crippen molar-refractivity contribution in [3.8, 4) is 0 Å². The van der Waals surface area contributed by atoms with Crippen molar-refractivity contribution in [2.45, 2.75) is 52.6 Å². The quantitative estimate of drug-likeness (QED) is 0.768. The van der Waals surface area contributed by atoms with Gasteiger partial charge in [0, 0.05) is 6.04 Å². The van der Waals surface area contributed by atoms with Crippen LogP contribution in [0.5, 0.6) is 0 Å². The summed E-state index contributed by atoms with van der Waals surface area (Å²) in [5.74, 6) is 1.23. The first-order valence-electron chi connectivity index (χ1n) is 6.97. The Morgan fingerprint density at radius 2 is 1.95 bits per heavy atom. The average Bonchev–Trinajstić information content (AvgIpc) is 2.88. The van der Waals surface area contributed by atoms with E-state index in [0.717, 1.165) is 18.6 Å². The van der Waals surface area contributed by atoms with Gasteiger partial charge in [0.25, 0.3) is 0 Å².